The highest BCUT2D eigenvalue weighted by atomic mass is 16.5. The van der Waals surface area contributed by atoms with Crippen molar-refractivity contribution < 1.29 is 9.53 Å². The summed E-state index contributed by atoms with van der Waals surface area (Å²) in [6, 6.07) is 0. The lowest BCUT2D eigenvalue weighted by atomic mass is 10.4. The summed E-state index contributed by atoms with van der Waals surface area (Å²) in [5.74, 6) is 0.792. The number of amides is 1. The molecule has 7 heteroatoms. The maximum absolute atomic E-state index is 11.8. The normalized spacial score (nSPS) is 14.6. The molecule has 2 rings (SSSR count). The molecule has 1 saturated heterocycles. The Balaban J connectivity index is 1.95. The zero-order chi connectivity index (χ0) is 13.0. The number of aromatic nitrogens is 2. The molecule has 1 aliphatic rings. The fraction of sp³-hybridized carbons (Fsp3) is 0.545. The Morgan fingerprint density at radius 2 is 2.22 bits per heavy atom. The quantitative estimate of drug-likeness (QED) is 0.788. The average Bonchev–Trinajstić information content (AvgIpc) is 2.91. The summed E-state index contributed by atoms with van der Waals surface area (Å²) in [5.41, 5.74) is 6.11. The minimum Gasteiger partial charge on any atom is -0.479 e. The molecule has 0 spiro atoms. The number of ether oxygens (including phenoxy) is 1. The van der Waals surface area contributed by atoms with E-state index in [0.29, 0.717) is 17.4 Å². The third-order valence-corrected chi connectivity index (χ3v) is 2.91. The average molecular weight is 251 g/mol. The summed E-state index contributed by atoms with van der Waals surface area (Å²) in [6.45, 7) is 1.86. The molecule has 1 fully saturated rings. The topological polar surface area (TPSA) is 93.4 Å². The Kier molecular flexibility index (Phi) is 3.81. The van der Waals surface area contributed by atoms with Crippen molar-refractivity contribution in [1.29, 1.82) is 0 Å². The molecule has 7 nitrogen and oxygen atoms in total. The Bertz CT molecular complexity index is 431. The van der Waals surface area contributed by atoms with Crippen molar-refractivity contribution in [3.63, 3.8) is 0 Å². The molecule has 1 aromatic heterocycles. The monoisotopic (exact) mass is 251 g/mol. The molecule has 1 amide bonds. The summed E-state index contributed by atoms with van der Waals surface area (Å²) in [6.07, 6.45) is 3.50. The number of anilines is 2. The van der Waals surface area contributed by atoms with Crippen LogP contribution in [0, 0.1) is 0 Å². The first-order valence-electron chi connectivity index (χ1n) is 5.88. The number of carbonyl (C=O) groups excluding carboxylic acids is 1. The van der Waals surface area contributed by atoms with E-state index < -0.39 is 0 Å². The summed E-state index contributed by atoms with van der Waals surface area (Å²) in [5, 5.41) is 2.92. The molecule has 1 aromatic rings. The van der Waals surface area contributed by atoms with Crippen LogP contribution in [0.25, 0.3) is 0 Å². The molecule has 1 aliphatic heterocycles. The van der Waals surface area contributed by atoms with E-state index in [1.54, 1.807) is 0 Å². The summed E-state index contributed by atoms with van der Waals surface area (Å²) >= 11 is 0. The highest BCUT2D eigenvalue weighted by Crippen LogP contribution is 2.23. The van der Waals surface area contributed by atoms with Gasteiger partial charge < -0.3 is 20.7 Å². The van der Waals surface area contributed by atoms with Crippen LogP contribution in [0.3, 0.4) is 0 Å². The van der Waals surface area contributed by atoms with E-state index in [4.69, 9.17) is 10.5 Å². The van der Waals surface area contributed by atoms with Crippen molar-refractivity contribution >= 4 is 17.4 Å². The van der Waals surface area contributed by atoms with Crippen LogP contribution in [-0.2, 0) is 4.79 Å². The maximum Gasteiger partial charge on any atom is 0.242 e. The van der Waals surface area contributed by atoms with Gasteiger partial charge in [0.1, 0.15) is 12.0 Å². The number of methoxy groups -OCH3 is 1. The van der Waals surface area contributed by atoms with E-state index >= 15 is 0 Å². The largest absolute Gasteiger partial charge is 0.479 e. The Labute approximate surface area is 105 Å². The number of nitrogen functional groups attached to an aromatic ring is 1. The lowest BCUT2D eigenvalue weighted by molar-refractivity contribution is -0.128. The molecule has 0 unspecified atom stereocenters. The first-order chi connectivity index (χ1) is 8.72. The van der Waals surface area contributed by atoms with Crippen LogP contribution in [0.4, 0.5) is 11.5 Å². The smallest absolute Gasteiger partial charge is 0.242 e. The number of carbonyl (C=O) groups is 1. The number of nitrogens with two attached hydrogens (primary N) is 1. The van der Waals surface area contributed by atoms with E-state index in [0.717, 1.165) is 25.9 Å². The standard InChI is InChI=1S/C11H17N5O2/c1-18-11-9(12)10(14-7-15-11)13-6-8(17)16-4-2-3-5-16/h7H,2-6,12H2,1H3,(H,13,14,15). The molecule has 0 aromatic carbocycles. The van der Waals surface area contributed by atoms with Gasteiger partial charge in [-0.05, 0) is 12.8 Å². The minimum atomic E-state index is 0.0597. The SMILES string of the molecule is COc1ncnc(NCC(=O)N2CCCC2)c1N. The van der Waals surface area contributed by atoms with Gasteiger partial charge in [-0.3, -0.25) is 4.79 Å². The number of hydrogen-bond donors (Lipinski definition) is 2. The van der Waals surface area contributed by atoms with Gasteiger partial charge in [0.05, 0.1) is 13.7 Å². The number of nitrogens with one attached hydrogen (secondary N) is 1. The molecule has 0 saturated carbocycles. The maximum atomic E-state index is 11.8. The van der Waals surface area contributed by atoms with Gasteiger partial charge in [-0.15, -0.1) is 0 Å². The first kappa shape index (κ1) is 12.4. The van der Waals surface area contributed by atoms with Gasteiger partial charge in [0.2, 0.25) is 11.8 Å². The van der Waals surface area contributed by atoms with E-state index in [1.165, 1.54) is 13.4 Å². The van der Waals surface area contributed by atoms with Gasteiger partial charge >= 0.3 is 0 Å². The van der Waals surface area contributed by atoms with Crippen LogP contribution in [0.1, 0.15) is 12.8 Å². The lowest BCUT2D eigenvalue weighted by Gasteiger charge is -2.16. The van der Waals surface area contributed by atoms with Crippen LogP contribution < -0.4 is 15.8 Å². The Hall–Kier alpha value is -2.05. The number of likely N-dealkylation sites (tertiary alicyclic amines) is 1. The molecule has 0 aliphatic carbocycles. The van der Waals surface area contributed by atoms with Crippen molar-refractivity contribution in [3.8, 4) is 5.88 Å². The van der Waals surface area contributed by atoms with Crippen molar-refractivity contribution in [2.24, 2.45) is 0 Å². The highest BCUT2D eigenvalue weighted by molar-refractivity contribution is 5.82. The molecule has 3 N–H and O–H groups in total. The van der Waals surface area contributed by atoms with E-state index in [9.17, 15) is 4.79 Å². The molecular weight excluding hydrogens is 234 g/mol. The Morgan fingerprint density at radius 3 is 2.89 bits per heavy atom. The zero-order valence-electron chi connectivity index (χ0n) is 10.3. The second kappa shape index (κ2) is 5.52. The van der Waals surface area contributed by atoms with Gasteiger partial charge in [-0.25, -0.2) is 4.98 Å². The predicted octanol–water partition coefficient (Wildman–Crippen LogP) is 0.102. The third-order valence-electron chi connectivity index (χ3n) is 2.91. The van der Waals surface area contributed by atoms with E-state index in [2.05, 4.69) is 15.3 Å². The summed E-state index contributed by atoms with van der Waals surface area (Å²) < 4.78 is 4.98. The van der Waals surface area contributed by atoms with Crippen LogP contribution in [0.5, 0.6) is 5.88 Å². The summed E-state index contributed by atoms with van der Waals surface area (Å²) in [7, 11) is 1.48. The van der Waals surface area contributed by atoms with Crippen molar-refractivity contribution in [2.45, 2.75) is 12.8 Å². The fourth-order valence-corrected chi connectivity index (χ4v) is 1.92. The molecule has 18 heavy (non-hydrogen) atoms. The van der Waals surface area contributed by atoms with Crippen molar-refractivity contribution in [2.75, 3.05) is 37.8 Å². The molecule has 98 valence electrons. The van der Waals surface area contributed by atoms with Crippen LogP contribution in [-0.4, -0.2) is 47.5 Å². The van der Waals surface area contributed by atoms with Gasteiger partial charge in [-0.2, -0.15) is 4.98 Å². The number of rotatable bonds is 4. The van der Waals surface area contributed by atoms with Gasteiger partial charge in [0.25, 0.3) is 0 Å². The van der Waals surface area contributed by atoms with Gasteiger partial charge in [-0.1, -0.05) is 0 Å². The minimum absolute atomic E-state index is 0.0597. The van der Waals surface area contributed by atoms with Crippen LogP contribution in [0.2, 0.25) is 0 Å². The number of hydrogen-bond acceptors (Lipinski definition) is 6. The highest BCUT2D eigenvalue weighted by Gasteiger charge is 2.18. The molecule has 2 heterocycles. The Morgan fingerprint density at radius 1 is 1.50 bits per heavy atom. The van der Waals surface area contributed by atoms with Crippen LogP contribution in [0.15, 0.2) is 6.33 Å². The fourth-order valence-electron chi connectivity index (χ4n) is 1.92. The van der Waals surface area contributed by atoms with E-state index in [-0.39, 0.29) is 12.5 Å². The number of nitrogens with zero attached hydrogens (tertiary/aromatic N) is 3. The summed E-state index contributed by atoms with van der Waals surface area (Å²) in [4.78, 5) is 21.5. The molecular formula is C11H17N5O2. The van der Waals surface area contributed by atoms with Crippen molar-refractivity contribution in [1.82, 2.24) is 14.9 Å². The first-order valence-corrected chi connectivity index (χ1v) is 5.88. The van der Waals surface area contributed by atoms with E-state index in [1.807, 2.05) is 4.90 Å². The second-order valence-corrected chi connectivity index (χ2v) is 4.09. The van der Waals surface area contributed by atoms with Gasteiger partial charge in [0, 0.05) is 13.1 Å². The third kappa shape index (κ3) is 2.61. The molecule has 0 atom stereocenters. The predicted molar refractivity (Wildman–Crippen MR) is 67.3 cm³/mol. The van der Waals surface area contributed by atoms with Gasteiger partial charge in [0.15, 0.2) is 5.82 Å². The molecule has 0 bridgehead atoms. The van der Waals surface area contributed by atoms with Crippen molar-refractivity contribution in [3.05, 3.63) is 6.33 Å². The lowest BCUT2D eigenvalue weighted by Crippen LogP contribution is -2.33. The second-order valence-electron chi connectivity index (χ2n) is 4.09. The zero-order valence-corrected chi connectivity index (χ0v) is 10.3. The molecule has 0 radical (unpaired) electrons. The van der Waals surface area contributed by atoms with Crippen LogP contribution >= 0.6 is 0 Å².